The Morgan fingerprint density at radius 2 is 2.17 bits per heavy atom. The van der Waals surface area contributed by atoms with E-state index >= 15 is 0 Å². The SMILES string of the molecule is CCC(CN1CCCC1C(=O)O)c1ccccc1. The molecule has 0 radical (unpaired) electrons. The molecule has 1 aromatic carbocycles. The normalized spacial score (nSPS) is 21.9. The van der Waals surface area contributed by atoms with Crippen LogP contribution in [-0.4, -0.2) is 35.1 Å². The van der Waals surface area contributed by atoms with Crippen LogP contribution in [0.25, 0.3) is 0 Å². The summed E-state index contributed by atoms with van der Waals surface area (Å²) in [6, 6.07) is 10.1. The Labute approximate surface area is 108 Å². The van der Waals surface area contributed by atoms with Gasteiger partial charge in [-0.15, -0.1) is 0 Å². The highest BCUT2D eigenvalue weighted by Crippen LogP contribution is 2.25. The number of aliphatic carboxylic acids is 1. The molecule has 0 aromatic heterocycles. The summed E-state index contributed by atoms with van der Waals surface area (Å²) in [5.41, 5.74) is 1.32. The van der Waals surface area contributed by atoms with E-state index < -0.39 is 5.97 Å². The van der Waals surface area contributed by atoms with Gasteiger partial charge in [0.15, 0.2) is 0 Å². The Kier molecular flexibility index (Phi) is 4.37. The lowest BCUT2D eigenvalue weighted by Gasteiger charge is -2.26. The minimum absolute atomic E-state index is 0.275. The maximum atomic E-state index is 11.2. The molecule has 1 aromatic rings. The molecule has 1 saturated heterocycles. The molecule has 0 spiro atoms. The topological polar surface area (TPSA) is 40.5 Å². The Balaban J connectivity index is 2.05. The van der Waals surface area contributed by atoms with Crippen LogP contribution in [0.1, 0.15) is 37.7 Å². The predicted molar refractivity (Wildman–Crippen MR) is 71.7 cm³/mol. The van der Waals surface area contributed by atoms with Gasteiger partial charge in [-0.2, -0.15) is 0 Å². The molecule has 1 aliphatic rings. The highest BCUT2D eigenvalue weighted by molar-refractivity contribution is 5.73. The Morgan fingerprint density at radius 1 is 1.44 bits per heavy atom. The molecule has 1 heterocycles. The molecule has 1 aliphatic heterocycles. The summed E-state index contributed by atoms with van der Waals surface area (Å²) in [4.78, 5) is 13.3. The second-order valence-electron chi connectivity index (χ2n) is 5.01. The van der Waals surface area contributed by atoms with Crippen LogP contribution < -0.4 is 0 Å². The number of nitrogens with zero attached hydrogens (tertiary/aromatic N) is 1. The fraction of sp³-hybridized carbons (Fsp3) is 0.533. The summed E-state index contributed by atoms with van der Waals surface area (Å²) >= 11 is 0. The van der Waals surface area contributed by atoms with E-state index in [1.807, 2.05) is 6.07 Å². The summed E-state index contributed by atoms with van der Waals surface area (Å²) in [6.45, 7) is 3.95. The minimum Gasteiger partial charge on any atom is -0.480 e. The third-order valence-electron chi connectivity index (χ3n) is 3.87. The van der Waals surface area contributed by atoms with Crippen LogP contribution >= 0.6 is 0 Å². The van der Waals surface area contributed by atoms with Crippen molar-refractivity contribution in [3.63, 3.8) is 0 Å². The van der Waals surface area contributed by atoms with E-state index in [0.717, 1.165) is 32.4 Å². The largest absolute Gasteiger partial charge is 0.480 e. The van der Waals surface area contributed by atoms with E-state index in [1.165, 1.54) is 5.56 Å². The first-order valence-corrected chi connectivity index (χ1v) is 6.74. The zero-order valence-electron chi connectivity index (χ0n) is 10.9. The van der Waals surface area contributed by atoms with Crippen LogP contribution in [0.4, 0.5) is 0 Å². The number of carbonyl (C=O) groups is 1. The molecule has 1 fully saturated rings. The standard InChI is InChI=1S/C15H21NO2/c1-2-12(13-7-4-3-5-8-13)11-16-10-6-9-14(16)15(17)18/h3-5,7-8,12,14H,2,6,9-11H2,1H3,(H,17,18). The summed E-state index contributed by atoms with van der Waals surface area (Å²) in [5, 5.41) is 9.20. The number of rotatable bonds is 5. The van der Waals surface area contributed by atoms with Crippen LogP contribution in [0.3, 0.4) is 0 Å². The first-order chi connectivity index (χ1) is 8.72. The quantitative estimate of drug-likeness (QED) is 0.869. The molecule has 2 rings (SSSR count). The molecule has 0 saturated carbocycles. The van der Waals surface area contributed by atoms with Gasteiger partial charge in [0.2, 0.25) is 0 Å². The first-order valence-electron chi connectivity index (χ1n) is 6.74. The molecule has 3 heteroatoms. The molecule has 2 atom stereocenters. The average Bonchev–Trinajstić information content (AvgIpc) is 2.85. The third kappa shape index (κ3) is 2.91. The van der Waals surface area contributed by atoms with Crippen molar-refractivity contribution in [3.05, 3.63) is 35.9 Å². The lowest BCUT2D eigenvalue weighted by atomic mass is 9.95. The van der Waals surface area contributed by atoms with Crippen LogP contribution in [0.5, 0.6) is 0 Å². The fourth-order valence-electron chi connectivity index (χ4n) is 2.80. The highest BCUT2D eigenvalue weighted by Gasteiger charge is 2.31. The fourth-order valence-corrected chi connectivity index (χ4v) is 2.80. The van der Waals surface area contributed by atoms with E-state index in [0.29, 0.717) is 5.92 Å². The lowest BCUT2D eigenvalue weighted by Crippen LogP contribution is -2.38. The van der Waals surface area contributed by atoms with Gasteiger partial charge in [-0.05, 0) is 37.3 Å². The van der Waals surface area contributed by atoms with Crippen molar-refractivity contribution in [1.29, 1.82) is 0 Å². The molecule has 0 bridgehead atoms. The Hall–Kier alpha value is -1.35. The summed E-state index contributed by atoms with van der Waals surface area (Å²) in [6.07, 6.45) is 2.84. The van der Waals surface area contributed by atoms with Gasteiger partial charge in [0.1, 0.15) is 6.04 Å². The van der Waals surface area contributed by atoms with Crippen LogP contribution in [0.15, 0.2) is 30.3 Å². The van der Waals surface area contributed by atoms with E-state index in [4.69, 9.17) is 0 Å². The molecule has 98 valence electrons. The number of benzene rings is 1. The second kappa shape index (κ2) is 6.01. The monoisotopic (exact) mass is 247 g/mol. The van der Waals surface area contributed by atoms with Crippen LogP contribution in [0.2, 0.25) is 0 Å². The van der Waals surface area contributed by atoms with Gasteiger partial charge in [0.05, 0.1) is 0 Å². The first kappa shape index (κ1) is 13.1. The van der Waals surface area contributed by atoms with Crippen molar-refractivity contribution in [2.75, 3.05) is 13.1 Å². The molecule has 1 N–H and O–H groups in total. The molecule has 3 nitrogen and oxygen atoms in total. The van der Waals surface area contributed by atoms with E-state index in [2.05, 4.69) is 36.1 Å². The zero-order chi connectivity index (χ0) is 13.0. The van der Waals surface area contributed by atoms with Crippen molar-refractivity contribution >= 4 is 5.97 Å². The lowest BCUT2D eigenvalue weighted by molar-refractivity contribution is -0.142. The van der Waals surface area contributed by atoms with Gasteiger partial charge in [-0.25, -0.2) is 0 Å². The predicted octanol–water partition coefficient (Wildman–Crippen LogP) is 2.73. The van der Waals surface area contributed by atoms with Gasteiger partial charge in [-0.1, -0.05) is 37.3 Å². The van der Waals surface area contributed by atoms with Gasteiger partial charge >= 0.3 is 5.97 Å². The molecule has 0 aliphatic carbocycles. The third-order valence-corrected chi connectivity index (χ3v) is 3.87. The van der Waals surface area contributed by atoms with E-state index in [-0.39, 0.29) is 6.04 Å². The Morgan fingerprint density at radius 3 is 2.78 bits per heavy atom. The van der Waals surface area contributed by atoms with E-state index in [9.17, 15) is 9.90 Å². The van der Waals surface area contributed by atoms with Crippen molar-refractivity contribution in [1.82, 2.24) is 4.90 Å². The molecular weight excluding hydrogens is 226 g/mol. The minimum atomic E-state index is -0.671. The number of hydrogen-bond acceptors (Lipinski definition) is 2. The van der Waals surface area contributed by atoms with Gasteiger partial charge in [-0.3, -0.25) is 9.69 Å². The smallest absolute Gasteiger partial charge is 0.320 e. The summed E-state index contributed by atoms with van der Waals surface area (Å²) in [7, 11) is 0. The summed E-state index contributed by atoms with van der Waals surface area (Å²) in [5.74, 6) is -0.235. The van der Waals surface area contributed by atoms with E-state index in [1.54, 1.807) is 0 Å². The molecule has 0 amide bonds. The van der Waals surface area contributed by atoms with Gasteiger partial charge in [0.25, 0.3) is 0 Å². The Bertz CT molecular complexity index is 391. The van der Waals surface area contributed by atoms with Crippen LogP contribution in [0, 0.1) is 0 Å². The summed E-state index contributed by atoms with van der Waals surface area (Å²) < 4.78 is 0. The maximum Gasteiger partial charge on any atom is 0.320 e. The van der Waals surface area contributed by atoms with Gasteiger partial charge < -0.3 is 5.11 Å². The van der Waals surface area contributed by atoms with Crippen molar-refractivity contribution in [2.24, 2.45) is 0 Å². The zero-order valence-corrected chi connectivity index (χ0v) is 10.9. The second-order valence-corrected chi connectivity index (χ2v) is 5.01. The molecule has 2 unspecified atom stereocenters. The van der Waals surface area contributed by atoms with Crippen molar-refractivity contribution < 1.29 is 9.90 Å². The number of carboxylic acids is 1. The molecular formula is C15H21NO2. The maximum absolute atomic E-state index is 11.2. The average molecular weight is 247 g/mol. The van der Waals surface area contributed by atoms with Gasteiger partial charge in [0, 0.05) is 6.54 Å². The van der Waals surface area contributed by atoms with Crippen molar-refractivity contribution in [3.8, 4) is 0 Å². The molecule has 18 heavy (non-hydrogen) atoms. The number of carboxylic acid groups (broad SMARTS) is 1. The highest BCUT2D eigenvalue weighted by atomic mass is 16.4. The number of likely N-dealkylation sites (tertiary alicyclic amines) is 1. The van der Waals surface area contributed by atoms with Crippen LogP contribution in [-0.2, 0) is 4.79 Å². The van der Waals surface area contributed by atoms with Crippen molar-refractivity contribution in [2.45, 2.75) is 38.1 Å². The number of hydrogen-bond donors (Lipinski definition) is 1.